The molecule has 0 atom stereocenters. The molecule has 0 spiro atoms. The summed E-state index contributed by atoms with van der Waals surface area (Å²) < 4.78 is 7.03. The maximum absolute atomic E-state index is 5.16. The van der Waals surface area contributed by atoms with Gasteiger partial charge >= 0.3 is 0 Å². The van der Waals surface area contributed by atoms with Crippen molar-refractivity contribution in [2.24, 2.45) is 0 Å². The second-order valence-corrected chi connectivity index (χ2v) is 2.95. The zero-order valence-electron chi connectivity index (χ0n) is 8.82. The highest BCUT2D eigenvalue weighted by atomic mass is 16.7. The second kappa shape index (κ2) is 6.59. The van der Waals surface area contributed by atoms with Crippen LogP contribution in [0.15, 0.2) is 18.3 Å². The Morgan fingerprint density at radius 2 is 2.29 bits per heavy atom. The number of hydrogen-bond donors (Lipinski definition) is 1. The lowest BCUT2D eigenvalue weighted by atomic mass is 10.4. The Hall–Kier alpha value is -0.840. The van der Waals surface area contributed by atoms with E-state index >= 15 is 0 Å². The molecule has 0 amide bonds. The topological polar surface area (TPSA) is 35.4 Å². The van der Waals surface area contributed by atoms with Crippen molar-refractivity contribution in [2.45, 2.75) is 20.0 Å². The summed E-state index contributed by atoms with van der Waals surface area (Å²) in [4.78, 5) is 5.16. The first-order valence-corrected chi connectivity index (χ1v) is 4.86. The van der Waals surface area contributed by atoms with Crippen LogP contribution in [0.25, 0.3) is 0 Å². The Balaban J connectivity index is 2.17. The number of aromatic nitrogens is 1. The fourth-order valence-electron chi connectivity index (χ4n) is 1.24. The van der Waals surface area contributed by atoms with Gasteiger partial charge in [-0.25, -0.2) is 0 Å². The van der Waals surface area contributed by atoms with Crippen LogP contribution >= 0.6 is 0 Å². The van der Waals surface area contributed by atoms with Crippen LogP contribution in [0.2, 0.25) is 0 Å². The van der Waals surface area contributed by atoms with Crippen LogP contribution in [0.3, 0.4) is 0 Å². The van der Waals surface area contributed by atoms with Crippen LogP contribution in [0.4, 0.5) is 0 Å². The van der Waals surface area contributed by atoms with Crippen molar-refractivity contribution in [2.75, 3.05) is 20.3 Å². The molecule has 0 bridgehead atoms. The molecule has 0 aliphatic rings. The molecule has 0 aromatic carbocycles. The van der Waals surface area contributed by atoms with E-state index in [1.54, 1.807) is 7.11 Å². The molecule has 0 aliphatic heterocycles. The van der Waals surface area contributed by atoms with Crippen molar-refractivity contribution in [1.82, 2.24) is 10.0 Å². The normalized spacial score (nSPS) is 10.7. The lowest BCUT2D eigenvalue weighted by molar-refractivity contribution is 0.00261. The minimum atomic E-state index is 0.573. The van der Waals surface area contributed by atoms with Crippen molar-refractivity contribution >= 4 is 0 Å². The lowest BCUT2D eigenvalue weighted by Gasteiger charge is -2.07. The standard InChI is InChI=1S/C10H18N2O2/c1-3-12-6-4-5-10(12)9-11-14-8-7-13-2/h4-6,11H,3,7-9H2,1-2H3. The molecule has 0 saturated heterocycles. The Kier molecular flexibility index (Phi) is 5.29. The number of aryl methyl sites for hydroxylation is 1. The number of rotatable bonds is 7. The van der Waals surface area contributed by atoms with E-state index in [1.165, 1.54) is 5.69 Å². The molecule has 1 rings (SSSR count). The summed E-state index contributed by atoms with van der Waals surface area (Å²) in [5.41, 5.74) is 4.12. The molecule has 1 aromatic rings. The summed E-state index contributed by atoms with van der Waals surface area (Å²) in [6.07, 6.45) is 2.06. The highest BCUT2D eigenvalue weighted by Crippen LogP contribution is 2.00. The fraction of sp³-hybridized carbons (Fsp3) is 0.600. The van der Waals surface area contributed by atoms with E-state index in [0.717, 1.165) is 13.1 Å². The summed E-state index contributed by atoms with van der Waals surface area (Å²) in [7, 11) is 1.66. The van der Waals surface area contributed by atoms with Crippen molar-refractivity contribution in [3.63, 3.8) is 0 Å². The average Bonchev–Trinajstić information content (AvgIpc) is 2.65. The smallest absolute Gasteiger partial charge is 0.0916 e. The summed E-state index contributed by atoms with van der Waals surface area (Å²) in [5, 5.41) is 0. The first-order valence-electron chi connectivity index (χ1n) is 4.86. The number of methoxy groups -OCH3 is 1. The van der Waals surface area contributed by atoms with E-state index in [-0.39, 0.29) is 0 Å². The van der Waals surface area contributed by atoms with E-state index in [9.17, 15) is 0 Å². The molecule has 4 heteroatoms. The molecule has 80 valence electrons. The molecule has 0 saturated carbocycles. The third-order valence-corrected chi connectivity index (χ3v) is 2.01. The zero-order valence-corrected chi connectivity index (χ0v) is 8.82. The first-order chi connectivity index (χ1) is 6.88. The van der Waals surface area contributed by atoms with Crippen molar-refractivity contribution in [3.05, 3.63) is 24.0 Å². The highest BCUT2D eigenvalue weighted by Gasteiger charge is 1.97. The monoisotopic (exact) mass is 198 g/mol. The Morgan fingerprint density at radius 3 is 3.00 bits per heavy atom. The number of ether oxygens (including phenoxy) is 1. The van der Waals surface area contributed by atoms with E-state index in [2.05, 4.69) is 29.2 Å². The third-order valence-electron chi connectivity index (χ3n) is 2.01. The lowest BCUT2D eigenvalue weighted by Crippen LogP contribution is -2.18. The molecule has 1 heterocycles. The van der Waals surface area contributed by atoms with Crippen LogP contribution in [-0.4, -0.2) is 24.9 Å². The molecule has 0 radical (unpaired) electrons. The van der Waals surface area contributed by atoms with Gasteiger partial charge in [-0.05, 0) is 19.1 Å². The second-order valence-electron chi connectivity index (χ2n) is 2.95. The van der Waals surface area contributed by atoms with Gasteiger partial charge in [-0.2, -0.15) is 5.48 Å². The Labute approximate surface area is 84.8 Å². The maximum atomic E-state index is 5.16. The molecule has 1 aromatic heterocycles. The minimum absolute atomic E-state index is 0.573. The highest BCUT2D eigenvalue weighted by molar-refractivity contribution is 5.06. The van der Waals surface area contributed by atoms with Crippen LogP contribution in [-0.2, 0) is 22.7 Å². The summed E-state index contributed by atoms with van der Waals surface area (Å²) in [5.74, 6) is 0. The van der Waals surface area contributed by atoms with Gasteiger partial charge in [0.15, 0.2) is 0 Å². The minimum Gasteiger partial charge on any atom is -0.382 e. The van der Waals surface area contributed by atoms with Gasteiger partial charge in [-0.15, -0.1) is 0 Å². The van der Waals surface area contributed by atoms with Crippen LogP contribution < -0.4 is 5.48 Å². The van der Waals surface area contributed by atoms with Gasteiger partial charge in [0.05, 0.1) is 19.8 Å². The molecule has 0 unspecified atom stereocenters. The average molecular weight is 198 g/mol. The van der Waals surface area contributed by atoms with Crippen LogP contribution in [0.1, 0.15) is 12.6 Å². The first kappa shape index (κ1) is 11.2. The zero-order chi connectivity index (χ0) is 10.2. The molecule has 14 heavy (non-hydrogen) atoms. The van der Waals surface area contributed by atoms with Gasteiger partial charge in [-0.1, -0.05) is 0 Å². The number of nitrogens with zero attached hydrogens (tertiary/aromatic N) is 1. The summed E-state index contributed by atoms with van der Waals surface area (Å²) in [6, 6.07) is 4.12. The molecule has 4 nitrogen and oxygen atoms in total. The van der Waals surface area contributed by atoms with Gasteiger partial charge in [-0.3, -0.25) is 4.84 Å². The number of nitrogens with one attached hydrogen (secondary N) is 1. The quantitative estimate of drug-likeness (QED) is 0.528. The summed E-state index contributed by atoms with van der Waals surface area (Å²) >= 11 is 0. The van der Waals surface area contributed by atoms with Gasteiger partial charge in [0.1, 0.15) is 0 Å². The Morgan fingerprint density at radius 1 is 1.43 bits per heavy atom. The van der Waals surface area contributed by atoms with Gasteiger partial charge in [0.25, 0.3) is 0 Å². The Bertz CT molecular complexity index is 248. The third kappa shape index (κ3) is 3.49. The van der Waals surface area contributed by atoms with E-state index in [0.29, 0.717) is 13.2 Å². The summed E-state index contributed by atoms with van der Waals surface area (Å²) in [6.45, 7) is 5.02. The predicted molar refractivity (Wildman–Crippen MR) is 54.8 cm³/mol. The SMILES string of the molecule is CCn1cccc1CNOCCOC. The molecule has 0 fully saturated rings. The number of hydroxylamine groups is 1. The fourth-order valence-corrected chi connectivity index (χ4v) is 1.24. The molecular formula is C10H18N2O2. The van der Waals surface area contributed by atoms with Crippen molar-refractivity contribution < 1.29 is 9.57 Å². The van der Waals surface area contributed by atoms with Crippen molar-refractivity contribution in [3.8, 4) is 0 Å². The van der Waals surface area contributed by atoms with Crippen molar-refractivity contribution in [1.29, 1.82) is 0 Å². The predicted octanol–water partition coefficient (Wildman–Crippen LogP) is 1.18. The number of hydrogen-bond acceptors (Lipinski definition) is 3. The van der Waals surface area contributed by atoms with E-state index < -0.39 is 0 Å². The van der Waals surface area contributed by atoms with Gasteiger partial charge in [0.2, 0.25) is 0 Å². The molecule has 1 N–H and O–H groups in total. The van der Waals surface area contributed by atoms with Crippen LogP contribution in [0, 0.1) is 0 Å². The van der Waals surface area contributed by atoms with Gasteiger partial charge < -0.3 is 9.30 Å². The van der Waals surface area contributed by atoms with E-state index in [1.807, 2.05) is 6.07 Å². The van der Waals surface area contributed by atoms with E-state index in [4.69, 9.17) is 9.57 Å². The maximum Gasteiger partial charge on any atom is 0.0916 e. The largest absolute Gasteiger partial charge is 0.382 e. The molecule has 0 aliphatic carbocycles. The van der Waals surface area contributed by atoms with Crippen LogP contribution in [0.5, 0.6) is 0 Å². The van der Waals surface area contributed by atoms with Gasteiger partial charge in [0, 0.05) is 25.5 Å². The molecular weight excluding hydrogens is 180 g/mol.